The molecule has 0 N–H and O–H groups in total. The quantitative estimate of drug-likeness (QED) is 0.729. The van der Waals surface area contributed by atoms with Crippen molar-refractivity contribution in [2.45, 2.75) is 0 Å². The van der Waals surface area contributed by atoms with E-state index in [2.05, 4.69) is 28.1 Å². The monoisotopic (exact) mass is 234 g/mol. The van der Waals surface area contributed by atoms with Crippen molar-refractivity contribution in [1.29, 1.82) is 0 Å². The van der Waals surface area contributed by atoms with E-state index in [4.69, 9.17) is 4.74 Å². The van der Waals surface area contributed by atoms with E-state index in [9.17, 15) is 4.39 Å². The Bertz CT molecular complexity index is 277. The maximum absolute atomic E-state index is 12.5. The number of thiocarbonyl (C=S) groups is 1. The van der Waals surface area contributed by atoms with E-state index in [1.54, 1.807) is 6.07 Å². The molecule has 58 valence electrons. The molecular formula is C7H4BrFOS. The summed E-state index contributed by atoms with van der Waals surface area (Å²) in [5.41, 5.74) is 1.08. The zero-order valence-corrected chi connectivity index (χ0v) is 7.78. The van der Waals surface area contributed by atoms with E-state index in [1.165, 1.54) is 12.1 Å². The fourth-order valence-electron chi connectivity index (χ4n) is 0.619. The molecule has 0 bridgehead atoms. The first-order valence-electron chi connectivity index (χ1n) is 2.79. The normalized spacial score (nSPS) is 9.27. The van der Waals surface area contributed by atoms with Crippen LogP contribution in [0.4, 0.5) is 4.39 Å². The molecule has 1 nitrogen and oxygen atoms in total. The molecule has 11 heavy (non-hydrogen) atoms. The van der Waals surface area contributed by atoms with Gasteiger partial charge in [-0.3, -0.25) is 0 Å². The van der Waals surface area contributed by atoms with Gasteiger partial charge in [0.25, 0.3) is 0 Å². The van der Waals surface area contributed by atoms with Crippen molar-refractivity contribution in [1.82, 2.24) is 0 Å². The summed E-state index contributed by atoms with van der Waals surface area (Å²) >= 11 is 7.62. The second kappa shape index (κ2) is 3.78. The van der Waals surface area contributed by atoms with E-state index in [0.717, 1.165) is 5.55 Å². The third-order valence-corrected chi connectivity index (χ3v) is 1.82. The smallest absolute Gasteiger partial charge is 0.154 e. The Hall–Kier alpha value is -0.480. The summed E-state index contributed by atoms with van der Waals surface area (Å²) in [6.07, 6.45) is 0. The molecule has 0 radical (unpaired) electrons. The van der Waals surface area contributed by atoms with E-state index in [0.29, 0.717) is 10.2 Å². The number of hydrogen-bond acceptors (Lipinski definition) is 2. The molecule has 0 fully saturated rings. The molecule has 0 aliphatic carbocycles. The molecule has 0 heterocycles. The molecule has 1 aromatic carbocycles. The molecule has 0 unspecified atom stereocenters. The molecule has 0 atom stereocenters. The first-order valence-corrected chi connectivity index (χ1v) is 4.06. The predicted octanol–water partition coefficient (Wildman–Crippen LogP) is 2.92. The Kier molecular flexibility index (Phi) is 2.96. The number of benzene rings is 1. The molecule has 1 rings (SSSR count). The van der Waals surface area contributed by atoms with Crippen LogP contribution in [0.3, 0.4) is 0 Å². The fourth-order valence-corrected chi connectivity index (χ4v) is 1.06. The van der Waals surface area contributed by atoms with Gasteiger partial charge in [-0.1, -0.05) is 0 Å². The van der Waals surface area contributed by atoms with Crippen molar-refractivity contribution in [3.63, 3.8) is 0 Å². The van der Waals surface area contributed by atoms with E-state index in [-0.39, 0.29) is 5.82 Å². The van der Waals surface area contributed by atoms with Crippen molar-refractivity contribution < 1.29 is 9.13 Å². The topological polar surface area (TPSA) is 9.23 Å². The minimum atomic E-state index is -0.347. The summed E-state index contributed by atoms with van der Waals surface area (Å²) in [7, 11) is 0. The van der Waals surface area contributed by atoms with Crippen LogP contribution in [0.15, 0.2) is 22.7 Å². The first kappa shape index (κ1) is 8.62. The number of ether oxygens (including phenoxy) is 1. The van der Waals surface area contributed by atoms with Crippen molar-refractivity contribution in [3.05, 3.63) is 28.5 Å². The summed E-state index contributed by atoms with van der Waals surface area (Å²) in [6, 6.07) is 4.15. The molecule has 0 spiro atoms. The lowest BCUT2D eigenvalue weighted by molar-refractivity contribution is 0.563. The molecule has 1 aromatic rings. The lowest BCUT2D eigenvalue weighted by Gasteiger charge is -2.00. The fraction of sp³-hybridized carbons (Fsp3) is 0. The standard InChI is InChI=1S/C7H4BrFOS/c8-6-2-1-5(9)3-7(6)10-4-11/h1-4H. The van der Waals surface area contributed by atoms with Gasteiger partial charge in [-0.25, -0.2) is 4.39 Å². The minimum absolute atomic E-state index is 0.347. The van der Waals surface area contributed by atoms with Gasteiger partial charge in [0, 0.05) is 6.07 Å². The highest BCUT2D eigenvalue weighted by molar-refractivity contribution is 9.10. The third kappa shape index (κ3) is 2.24. The highest BCUT2D eigenvalue weighted by Gasteiger charge is 2.00. The molecule has 0 aliphatic heterocycles. The highest BCUT2D eigenvalue weighted by atomic mass is 79.9. The van der Waals surface area contributed by atoms with Crippen LogP contribution in [0, 0.1) is 5.82 Å². The Morgan fingerprint density at radius 2 is 2.27 bits per heavy atom. The van der Waals surface area contributed by atoms with Crippen LogP contribution in [0.5, 0.6) is 5.75 Å². The molecule has 0 amide bonds. The lowest BCUT2D eigenvalue weighted by atomic mass is 10.3. The number of halogens is 2. The molecule has 4 heteroatoms. The van der Waals surface area contributed by atoms with Crippen molar-refractivity contribution in [2.24, 2.45) is 0 Å². The Morgan fingerprint density at radius 3 is 2.91 bits per heavy atom. The van der Waals surface area contributed by atoms with Gasteiger partial charge in [0.05, 0.1) is 4.47 Å². The minimum Gasteiger partial charge on any atom is -0.452 e. The summed E-state index contributed by atoms with van der Waals surface area (Å²) < 4.78 is 18.0. The van der Waals surface area contributed by atoms with Gasteiger partial charge in [-0.15, -0.1) is 0 Å². The van der Waals surface area contributed by atoms with E-state index < -0.39 is 0 Å². The van der Waals surface area contributed by atoms with Gasteiger partial charge < -0.3 is 4.74 Å². The second-order valence-electron chi connectivity index (χ2n) is 1.79. The van der Waals surface area contributed by atoms with E-state index >= 15 is 0 Å². The van der Waals surface area contributed by atoms with Crippen molar-refractivity contribution in [2.75, 3.05) is 0 Å². The molecular weight excluding hydrogens is 231 g/mol. The van der Waals surface area contributed by atoms with Crippen LogP contribution >= 0.6 is 28.1 Å². The number of hydrogen-bond donors (Lipinski definition) is 0. The Balaban J connectivity index is 3.01. The predicted molar refractivity (Wildman–Crippen MR) is 48.4 cm³/mol. The highest BCUT2D eigenvalue weighted by Crippen LogP contribution is 2.24. The largest absolute Gasteiger partial charge is 0.452 e. The van der Waals surface area contributed by atoms with Crippen LogP contribution in [0.1, 0.15) is 0 Å². The molecule has 0 aliphatic rings. The van der Waals surface area contributed by atoms with Gasteiger partial charge in [0.15, 0.2) is 5.55 Å². The second-order valence-corrected chi connectivity index (χ2v) is 2.84. The maximum Gasteiger partial charge on any atom is 0.154 e. The zero-order chi connectivity index (χ0) is 8.27. The van der Waals surface area contributed by atoms with Gasteiger partial charge in [-0.05, 0) is 40.3 Å². The maximum atomic E-state index is 12.5. The van der Waals surface area contributed by atoms with Gasteiger partial charge in [0.2, 0.25) is 0 Å². The van der Waals surface area contributed by atoms with Crippen LogP contribution in [0.2, 0.25) is 0 Å². The summed E-state index contributed by atoms with van der Waals surface area (Å²) in [5.74, 6) is 0.0417. The number of rotatable bonds is 2. The average Bonchev–Trinajstić information content (AvgIpc) is 1.98. The van der Waals surface area contributed by atoms with Gasteiger partial charge >= 0.3 is 0 Å². The third-order valence-electron chi connectivity index (χ3n) is 1.07. The lowest BCUT2D eigenvalue weighted by Crippen LogP contribution is -1.88. The van der Waals surface area contributed by atoms with Crippen molar-refractivity contribution >= 4 is 33.7 Å². The van der Waals surface area contributed by atoms with Crippen LogP contribution < -0.4 is 4.74 Å². The van der Waals surface area contributed by atoms with Gasteiger partial charge in [-0.2, -0.15) is 0 Å². The van der Waals surface area contributed by atoms with Gasteiger partial charge in [0.1, 0.15) is 11.6 Å². The zero-order valence-electron chi connectivity index (χ0n) is 5.38. The first-order chi connectivity index (χ1) is 5.24. The molecule has 0 aromatic heterocycles. The Morgan fingerprint density at radius 1 is 1.55 bits per heavy atom. The molecule has 0 saturated carbocycles. The van der Waals surface area contributed by atoms with Crippen LogP contribution in [0.25, 0.3) is 0 Å². The summed E-state index contributed by atoms with van der Waals surface area (Å²) in [6.45, 7) is 0. The van der Waals surface area contributed by atoms with Crippen LogP contribution in [-0.2, 0) is 0 Å². The van der Waals surface area contributed by atoms with Crippen molar-refractivity contribution in [3.8, 4) is 5.75 Å². The summed E-state index contributed by atoms with van der Waals surface area (Å²) in [4.78, 5) is 0. The summed E-state index contributed by atoms with van der Waals surface area (Å²) in [5, 5.41) is 0. The molecule has 0 saturated heterocycles. The Labute approximate surface area is 77.3 Å². The van der Waals surface area contributed by atoms with Crippen LogP contribution in [-0.4, -0.2) is 5.55 Å². The average molecular weight is 235 g/mol. The SMILES string of the molecule is Fc1ccc(Br)c(OC=S)c1. The van der Waals surface area contributed by atoms with E-state index in [1.807, 2.05) is 0 Å².